The Morgan fingerprint density at radius 1 is 1.34 bits per heavy atom. The van der Waals surface area contributed by atoms with Gasteiger partial charge < -0.3 is 4.57 Å². The van der Waals surface area contributed by atoms with Crippen molar-refractivity contribution < 1.29 is 13.2 Å². The zero-order valence-corrected chi connectivity index (χ0v) is 21.4. The topological polar surface area (TPSA) is 71.7 Å². The highest BCUT2D eigenvalue weighted by atomic mass is 35.5. The van der Waals surface area contributed by atoms with Gasteiger partial charge in [0, 0.05) is 24.5 Å². The fourth-order valence-corrected chi connectivity index (χ4v) is 8.44. The number of sulfonamides is 1. The van der Waals surface area contributed by atoms with Crippen LogP contribution in [-0.2, 0) is 21.4 Å². The van der Waals surface area contributed by atoms with E-state index in [-0.39, 0.29) is 16.7 Å². The van der Waals surface area contributed by atoms with E-state index in [1.807, 2.05) is 23.0 Å². The smallest absolute Gasteiger partial charge is 0.252 e. The fourth-order valence-electron chi connectivity index (χ4n) is 3.68. The van der Waals surface area contributed by atoms with Gasteiger partial charge in [-0.15, -0.1) is 29.7 Å². The van der Waals surface area contributed by atoms with Crippen LogP contribution in [0.25, 0.3) is 10.2 Å². The molecule has 1 aliphatic rings. The number of piperidine rings is 1. The highest BCUT2D eigenvalue weighted by Crippen LogP contribution is 2.31. The Kier molecular flexibility index (Phi) is 7.28. The van der Waals surface area contributed by atoms with Gasteiger partial charge in [-0.25, -0.2) is 8.42 Å². The number of carbonyl (C=O) groups is 1. The van der Waals surface area contributed by atoms with Crippen molar-refractivity contribution in [1.29, 1.82) is 0 Å². The second-order valence-electron chi connectivity index (χ2n) is 7.33. The molecule has 4 rings (SSSR count). The van der Waals surface area contributed by atoms with Gasteiger partial charge in [-0.3, -0.25) is 4.79 Å². The third kappa shape index (κ3) is 4.76. The first-order valence-electron chi connectivity index (χ1n) is 9.96. The number of thiazole rings is 1. The number of hydrogen-bond acceptors (Lipinski definition) is 6. The Morgan fingerprint density at radius 2 is 2.16 bits per heavy atom. The molecule has 1 fully saturated rings. The summed E-state index contributed by atoms with van der Waals surface area (Å²) in [5, 5.41) is 0. The van der Waals surface area contributed by atoms with E-state index in [9.17, 15) is 13.2 Å². The van der Waals surface area contributed by atoms with E-state index in [4.69, 9.17) is 11.6 Å². The number of aromatic nitrogens is 1. The van der Waals surface area contributed by atoms with Gasteiger partial charge in [0.15, 0.2) is 4.80 Å². The summed E-state index contributed by atoms with van der Waals surface area (Å²) >= 11 is 10.1. The van der Waals surface area contributed by atoms with Crippen LogP contribution < -0.4 is 4.80 Å². The van der Waals surface area contributed by atoms with Gasteiger partial charge in [-0.2, -0.15) is 9.30 Å². The van der Waals surface area contributed by atoms with Gasteiger partial charge in [0.25, 0.3) is 15.9 Å². The van der Waals surface area contributed by atoms with Crippen LogP contribution in [0.15, 0.2) is 57.1 Å². The highest BCUT2D eigenvalue weighted by Gasteiger charge is 2.34. The molecule has 3 heterocycles. The van der Waals surface area contributed by atoms with Crippen LogP contribution in [-0.4, -0.2) is 42.5 Å². The average molecular weight is 528 g/mol. The molecule has 1 aromatic carbocycles. The van der Waals surface area contributed by atoms with Gasteiger partial charge in [0.2, 0.25) is 0 Å². The number of hydrogen-bond donors (Lipinski definition) is 0. The quantitative estimate of drug-likeness (QED) is 0.339. The minimum atomic E-state index is -3.67. The Hall–Kier alpha value is -1.43. The molecule has 32 heavy (non-hydrogen) atoms. The lowest BCUT2D eigenvalue weighted by Crippen LogP contribution is -2.42. The molecule has 0 spiro atoms. The Bertz CT molecular complexity index is 1340. The molecular weight excluding hydrogens is 506 g/mol. The van der Waals surface area contributed by atoms with Crippen molar-refractivity contribution in [3.8, 4) is 0 Å². The number of halogens is 1. The number of thioether (sulfide) groups is 1. The van der Waals surface area contributed by atoms with E-state index in [0.29, 0.717) is 35.1 Å². The minimum Gasteiger partial charge on any atom is -0.313 e. The normalized spacial score (nSPS) is 18.3. The third-order valence-electron chi connectivity index (χ3n) is 5.28. The Balaban J connectivity index is 1.63. The van der Waals surface area contributed by atoms with Crippen LogP contribution in [0.5, 0.6) is 0 Å². The summed E-state index contributed by atoms with van der Waals surface area (Å²) in [6, 6.07) is 9.26. The number of allylic oxidation sites excluding steroid dienone is 1. The van der Waals surface area contributed by atoms with Crippen molar-refractivity contribution in [2.75, 3.05) is 19.3 Å². The van der Waals surface area contributed by atoms with Crippen LogP contribution >= 0.6 is 46.0 Å². The lowest BCUT2D eigenvalue weighted by molar-refractivity contribution is -0.122. The van der Waals surface area contributed by atoms with Crippen LogP contribution in [0.3, 0.4) is 0 Å². The Morgan fingerprint density at radius 3 is 2.84 bits per heavy atom. The van der Waals surface area contributed by atoms with E-state index < -0.39 is 15.9 Å². The molecule has 6 nitrogen and oxygen atoms in total. The number of fused-ring (bicyclic) bond motifs is 1. The number of amides is 1. The number of benzene rings is 1. The summed E-state index contributed by atoms with van der Waals surface area (Å²) in [6.07, 6.45) is 5.02. The SMILES string of the molecule is C=CCn1c(=NC(=O)C2CCCN(S(=O)(=O)c3ccc(Cl)s3)C2)sc2cc(SC)ccc21. The standard InChI is InChI=1S/C21H22ClN3O3S4/c1-3-10-25-16-7-6-15(29-2)12-17(16)30-21(25)23-20(26)14-5-4-11-24(13-14)32(27,28)19-9-8-18(22)31-19/h3,6-9,12,14H,1,4-5,10-11,13H2,2H3. The summed E-state index contributed by atoms with van der Waals surface area (Å²) in [6.45, 7) is 4.88. The summed E-state index contributed by atoms with van der Waals surface area (Å²) < 4.78 is 30.9. The predicted molar refractivity (Wildman–Crippen MR) is 133 cm³/mol. The first-order valence-corrected chi connectivity index (χ1v) is 14.6. The second-order valence-corrected chi connectivity index (χ2v) is 13.1. The van der Waals surface area contributed by atoms with Crippen LogP contribution in [0.2, 0.25) is 4.34 Å². The zero-order valence-electron chi connectivity index (χ0n) is 17.4. The summed E-state index contributed by atoms with van der Waals surface area (Å²) in [5.74, 6) is -0.762. The lowest BCUT2D eigenvalue weighted by Gasteiger charge is -2.29. The van der Waals surface area contributed by atoms with Crippen molar-refractivity contribution in [3.05, 3.63) is 52.1 Å². The maximum atomic E-state index is 13.1. The van der Waals surface area contributed by atoms with Crippen LogP contribution in [0.4, 0.5) is 0 Å². The summed E-state index contributed by atoms with van der Waals surface area (Å²) in [7, 11) is -3.67. The molecule has 1 amide bonds. The largest absolute Gasteiger partial charge is 0.313 e. The molecule has 11 heteroatoms. The predicted octanol–water partition coefficient (Wildman–Crippen LogP) is 4.85. The van der Waals surface area contributed by atoms with E-state index in [1.54, 1.807) is 23.9 Å². The lowest BCUT2D eigenvalue weighted by atomic mass is 9.99. The molecule has 0 aliphatic carbocycles. The zero-order chi connectivity index (χ0) is 22.9. The molecule has 2 aromatic heterocycles. The van der Waals surface area contributed by atoms with E-state index in [2.05, 4.69) is 17.6 Å². The van der Waals surface area contributed by atoms with Gasteiger partial charge in [0.1, 0.15) is 4.21 Å². The molecule has 170 valence electrons. The molecule has 0 saturated carbocycles. The third-order valence-corrected chi connectivity index (χ3v) is 10.6. The van der Waals surface area contributed by atoms with Crippen molar-refractivity contribution in [3.63, 3.8) is 0 Å². The average Bonchev–Trinajstić information content (AvgIpc) is 3.37. The van der Waals surface area contributed by atoms with Crippen molar-refractivity contribution in [2.24, 2.45) is 10.9 Å². The van der Waals surface area contributed by atoms with Gasteiger partial charge in [0.05, 0.1) is 20.5 Å². The van der Waals surface area contributed by atoms with Gasteiger partial charge in [-0.05, 0) is 49.4 Å². The second kappa shape index (κ2) is 9.82. The molecule has 1 saturated heterocycles. The van der Waals surface area contributed by atoms with Crippen LogP contribution in [0.1, 0.15) is 12.8 Å². The molecule has 0 N–H and O–H groups in total. The summed E-state index contributed by atoms with van der Waals surface area (Å²) in [5.41, 5.74) is 1.00. The molecule has 1 aliphatic heterocycles. The molecule has 1 unspecified atom stereocenters. The molecule has 0 bridgehead atoms. The first kappa shape index (κ1) is 23.7. The number of nitrogens with zero attached hydrogens (tertiary/aromatic N) is 3. The summed E-state index contributed by atoms with van der Waals surface area (Å²) in [4.78, 5) is 19.3. The first-order chi connectivity index (χ1) is 15.3. The van der Waals surface area contributed by atoms with Crippen LogP contribution in [0, 0.1) is 5.92 Å². The van der Waals surface area contributed by atoms with Gasteiger partial charge in [-0.1, -0.05) is 29.0 Å². The van der Waals surface area contributed by atoms with Crippen molar-refractivity contribution in [1.82, 2.24) is 8.87 Å². The molecule has 3 aromatic rings. The molecule has 1 atom stereocenters. The highest BCUT2D eigenvalue weighted by molar-refractivity contribution is 7.98. The number of thiophene rings is 1. The number of rotatable bonds is 6. The van der Waals surface area contributed by atoms with Crippen molar-refractivity contribution in [2.45, 2.75) is 28.5 Å². The monoisotopic (exact) mass is 527 g/mol. The van der Waals surface area contributed by atoms with E-state index in [0.717, 1.165) is 26.4 Å². The van der Waals surface area contributed by atoms with E-state index in [1.165, 1.54) is 21.7 Å². The maximum Gasteiger partial charge on any atom is 0.252 e. The number of carbonyl (C=O) groups excluding carboxylic acids is 1. The fraction of sp³-hybridized carbons (Fsp3) is 0.333. The van der Waals surface area contributed by atoms with E-state index >= 15 is 0 Å². The molecular formula is C21H22ClN3O3S4. The van der Waals surface area contributed by atoms with Gasteiger partial charge >= 0.3 is 0 Å². The minimum absolute atomic E-state index is 0.128. The molecule has 0 radical (unpaired) electrons. The Labute approximate surface area is 204 Å². The van der Waals surface area contributed by atoms with Crippen molar-refractivity contribution >= 4 is 72.2 Å². The maximum absolute atomic E-state index is 13.1.